The van der Waals surface area contributed by atoms with E-state index < -0.39 is 5.97 Å². The van der Waals surface area contributed by atoms with E-state index in [9.17, 15) is 4.79 Å². The van der Waals surface area contributed by atoms with Crippen molar-refractivity contribution in [3.63, 3.8) is 0 Å². The zero-order valence-corrected chi connectivity index (χ0v) is 16.8. The summed E-state index contributed by atoms with van der Waals surface area (Å²) in [6, 6.07) is 13.3. The Hall–Kier alpha value is -3.25. The van der Waals surface area contributed by atoms with Crippen molar-refractivity contribution >= 4 is 28.6 Å². The van der Waals surface area contributed by atoms with E-state index in [-0.39, 0.29) is 6.61 Å². The third-order valence-corrected chi connectivity index (χ3v) is 4.88. The number of hydrogen-bond donors (Lipinski definition) is 1. The van der Waals surface area contributed by atoms with Gasteiger partial charge >= 0.3 is 5.97 Å². The van der Waals surface area contributed by atoms with Crippen LogP contribution >= 0.6 is 11.6 Å². The highest BCUT2D eigenvalue weighted by atomic mass is 35.5. The minimum atomic E-state index is -0.428. The van der Waals surface area contributed by atoms with E-state index in [1.165, 1.54) is 11.8 Å². The second-order valence-corrected chi connectivity index (χ2v) is 6.92. The van der Waals surface area contributed by atoms with E-state index in [4.69, 9.17) is 16.3 Å². The number of aryl methyl sites for hydroxylation is 1. The highest BCUT2D eigenvalue weighted by Gasteiger charge is 2.21. The largest absolute Gasteiger partial charge is 0.462 e. The highest BCUT2D eigenvalue weighted by molar-refractivity contribution is 6.30. The van der Waals surface area contributed by atoms with Crippen molar-refractivity contribution in [1.82, 2.24) is 20.2 Å². The van der Waals surface area contributed by atoms with Crippen LogP contribution in [0.25, 0.3) is 33.7 Å². The Morgan fingerprint density at radius 2 is 1.90 bits per heavy atom. The lowest BCUT2D eigenvalue weighted by atomic mass is 10.0. The fourth-order valence-corrected chi connectivity index (χ4v) is 3.28. The summed E-state index contributed by atoms with van der Waals surface area (Å²) >= 11 is 5.94. The minimum absolute atomic E-state index is 0.273. The quantitative estimate of drug-likeness (QED) is 0.467. The smallest absolute Gasteiger partial charge is 0.339 e. The van der Waals surface area contributed by atoms with Crippen LogP contribution in [0.5, 0.6) is 0 Å². The Kier molecular flexibility index (Phi) is 5.27. The number of nitrogens with zero attached hydrogens (tertiary/aromatic N) is 3. The number of rotatable bonds is 5. The first kappa shape index (κ1) is 19.1. The molecule has 146 valence electrons. The summed E-state index contributed by atoms with van der Waals surface area (Å²) in [4.78, 5) is 21.6. The molecule has 3 aromatic heterocycles. The fourth-order valence-electron chi connectivity index (χ4n) is 3.17. The third-order valence-electron chi connectivity index (χ3n) is 4.66. The molecule has 1 N–H and O–H groups in total. The van der Waals surface area contributed by atoms with Gasteiger partial charge in [-0.15, -0.1) is 0 Å². The van der Waals surface area contributed by atoms with Gasteiger partial charge in [-0.3, -0.25) is 10.1 Å². The lowest BCUT2D eigenvalue weighted by molar-refractivity contribution is 0.0528. The van der Waals surface area contributed by atoms with Gasteiger partial charge in [0.15, 0.2) is 5.65 Å². The van der Waals surface area contributed by atoms with E-state index >= 15 is 0 Å². The number of H-pyrrole nitrogens is 1. The molecule has 0 aliphatic rings. The van der Waals surface area contributed by atoms with Crippen LogP contribution in [0.2, 0.25) is 5.02 Å². The van der Waals surface area contributed by atoms with Crippen LogP contribution in [0, 0.1) is 0 Å². The van der Waals surface area contributed by atoms with Crippen molar-refractivity contribution in [1.29, 1.82) is 0 Å². The van der Waals surface area contributed by atoms with Crippen molar-refractivity contribution < 1.29 is 9.53 Å². The Morgan fingerprint density at radius 3 is 2.55 bits per heavy atom. The number of hydrogen-bond acceptors (Lipinski definition) is 5. The third kappa shape index (κ3) is 3.71. The molecule has 4 rings (SSSR count). The van der Waals surface area contributed by atoms with E-state index in [1.54, 1.807) is 25.1 Å². The molecule has 0 saturated heterocycles. The predicted molar refractivity (Wildman–Crippen MR) is 113 cm³/mol. The Balaban J connectivity index is 1.91. The number of esters is 1. The van der Waals surface area contributed by atoms with Gasteiger partial charge in [-0.1, -0.05) is 42.8 Å². The Bertz CT molecular complexity index is 1170. The summed E-state index contributed by atoms with van der Waals surface area (Å²) in [6.07, 6.45) is 2.50. The number of halogens is 1. The summed E-state index contributed by atoms with van der Waals surface area (Å²) in [5, 5.41) is 8.53. The molecule has 0 atom stereocenters. The van der Waals surface area contributed by atoms with Crippen LogP contribution in [0.3, 0.4) is 0 Å². The second-order valence-electron chi connectivity index (χ2n) is 6.48. The summed E-state index contributed by atoms with van der Waals surface area (Å²) in [5.74, 6) is -0.428. The van der Waals surface area contributed by atoms with Crippen LogP contribution in [-0.2, 0) is 11.2 Å². The van der Waals surface area contributed by atoms with Gasteiger partial charge in [-0.05, 0) is 37.1 Å². The van der Waals surface area contributed by atoms with Crippen LogP contribution in [-0.4, -0.2) is 32.7 Å². The number of fused-ring (bicyclic) bond motifs is 1. The number of aromatic nitrogens is 4. The number of aromatic amines is 1. The van der Waals surface area contributed by atoms with Crippen molar-refractivity contribution in [2.75, 3.05) is 6.61 Å². The van der Waals surface area contributed by atoms with Crippen molar-refractivity contribution in [3.05, 3.63) is 64.8 Å². The van der Waals surface area contributed by atoms with E-state index in [1.807, 2.05) is 12.1 Å². The van der Waals surface area contributed by atoms with Crippen LogP contribution in [0.4, 0.5) is 0 Å². The molecule has 1 aromatic carbocycles. The summed E-state index contributed by atoms with van der Waals surface area (Å²) < 4.78 is 5.29. The van der Waals surface area contributed by atoms with Gasteiger partial charge in [-0.2, -0.15) is 5.10 Å². The zero-order valence-electron chi connectivity index (χ0n) is 16.1. The SMILES string of the molecule is CCOC(=O)c1cc(-c2ccc(Cl)cn2)nc2n[nH]c(-c3ccc(CC)cc3)c12. The van der Waals surface area contributed by atoms with Gasteiger partial charge in [-0.25, -0.2) is 9.78 Å². The molecule has 0 amide bonds. The molecule has 29 heavy (non-hydrogen) atoms. The minimum Gasteiger partial charge on any atom is -0.462 e. The van der Waals surface area contributed by atoms with Crippen molar-refractivity contribution in [3.8, 4) is 22.6 Å². The van der Waals surface area contributed by atoms with Gasteiger partial charge in [0.1, 0.15) is 0 Å². The normalized spacial score (nSPS) is 11.0. The molecule has 3 heterocycles. The molecule has 0 saturated carbocycles. The predicted octanol–water partition coefficient (Wildman–Crippen LogP) is 5.08. The lowest BCUT2D eigenvalue weighted by Gasteiger charge is -2.08. The second kappa shape index (κ2) is 8.01. The molecule has 0 unspecified atom stereocenters. The number of carbonyl (C=O) groups is 1. The lowest BCUT2D eigenvalue weighted by Crippen LogP contribution is -2.07. The summed E-state index contributed by atoms with van der Waals surface area (Å²) in [7, 11) is 0. The Morgan fingerprint density at radius 1 is 1.10 bits per heavy atom. The molecule has 0 aliphatic carbocycles. The van der Waals surface area contributed by atoms with Gasteiger partial charge < -0.3 is 4.74 Å². The van der Waals surface area contributed by atoms with Gasteiger partial charge in [0, 0.05) is 11.8 Å². The monoisotopic (exact) mass is 406 g/mol. The highest BCUT2D eigenvalue weighted by Crippen LogP contribution is 2.31. The van der Waals surface area contributed by atoms with E-state index in [2.05, 4.69) is 39.2 Å². The first-order valence-electron chi connectivity index (χ1n) is 9.38. The van der Waals surface area contributed by atoms with Crippen LogP contribution in [0.1, 0.15) is 29.8 Å². The number of nitrogens with one attached hydrogen (secondary N) is 1. The first-order valence-corrected chi connectivity index (χ1v) is 9.76. The van der Waals surface area contributed by atoms with Crippen molar-refractivity contribution in [2.24, 2.45) is 0 Å². The fraction of sp³-hybridized carbons (Fsp3) is 0.182. The van der Waals surface area contributed by atoms with Gasteiger partial charge in [0.2, 0.25) is 0 Å². The summed E-state index contributed by atoms with van der Waals surface area (Å²) in [6.45, 7) is 4.16. The standard InChI is InChI=1S/C22H19ClN4O2/c1-3-13-5-7-14(8-6-13)20-19-16(22(28)29-4-2)11-18(25-21(19)27-26-20)17-10-9-15(23)12-24-17/h5-12H,3-4H2,1-2H3,(H,25,26,27). The Labute approximate surface area is 172 Å². The average molecular weight is 407 g/mol. The molecule has 7 heteroatoms. The molecule has 0 radical (unpaired) electrons. The maximum Gasteiger partial charge on any atom is 0.339 e. The maximum absolute atomic E-state index is 12.7. The number of pyridine rings is 2. The molecule has 4 aromatic rings. The molecule has 0 spiro atoms. The van der Waals surface area contributed by atoms with Crippen molar-refractivity contribution in [2.45, 2.75) is 20.3 Å². The number of benzene rings is 1. The molecule has 0 fully saturated rings. The maximum atomic E-state index is 12.7. The molecular weight excluding hydrogens is 388 g/mol. The van der Waals surface area contributed by atoms with E-state index in [0.717, 1.165) is 17.7 Å². The number of ether oxygens (including phenoxy) is 1. The molecular formula is C22H19ClN4O2. The first-order chi connectivity index (χ1) is 14.1. The summed E-state index contributed by atoms with van der Waals surface area (Å²) in [5.41, 5.74) is 4.83. The van der Waals surface area contributed by atoms with Gasteiger partial charge in [0.05, 0.1) is 39.7 Å². The number of carbonyl (C=O) groups excluding carboxylic acids is 1. The molecule has 6 nitrogen and oxygen atoms in total. The molecule has 0 aliphatic heterocycles. The van der Waals surface area contributed by atoms with Gasteiger partial charge in [0.25, 0.3) is 0 Å². The topological polar surface area (TPSA) is 80.8 Å². The average Bonchev–Trinajstić information content (AvgIpc) is 3.18. The van der Waals surface area contributed by atoms with Crippen LogP contribution in [0.15, 0.2) is 48.7 Å². The zero-order chi connectivity index (χ0) is 20.4. The molecule has 0 bridgehead atoms. The van der Waals surface area contributed by atoms with E-state index in [0.29, 0.717) is 33.0 Å². The van der Waals surface area contributed by atoms with Crippen LogP contribution < -0.4 is 0 Å².